The molecule has 120 valence electrons. The summed E-state index contributed by atoms with van der Waals surface area (Å²) in [6.07, 6.45) is 0. The Balaban J connectivity index is 2.11. The average Bonchev–Trinajstić information content (AvgIpc) is 2.49. The van der Waals surface area contributed by atoms with Crippen molar-refractivity contribution in [2.45, 2.75) is 17.6 Å². The number of para-hydroxylation sites is 1. The van der Waals surface area contributed by atoms with E-state index >= 15 is 0 Å². The molecule has 2 rings (SSSR count). The summed E-state index contributed by atoms with van der Waals surface area (Å²) in [6, 6.07) is 12.6. The first kappa shape index (κ1) is 17.0. The van der Waals surface area contributed by atoms with Gasteiger partial charge in [0.05, 0.1) is 5.69 Å². The largest absolute Gasteiger partial charge is 0.326 e. The molecule has 4 nitrogen and oxygen atoms in total. The fraction of sp³-hybridized carbons (Fsp3) is 0.125. The molecule has 0 aromatic heterocycles. The van der Waals surface area contributed by atoms with Crippen LogP contribution in [-0.4, -0.2) is 17.6 Å². The predicted molar refractivity (Wildman–Crippen MR) is 87.0 cm³/mol. The van der Waals surface area contributed by atoms with Crippen LogP contribution in [0.25, 0.3) is 0 Å². The Morgan fingerprint density at radius 2 is 1.65 bits per heavy atom. The highest BCUT2D eigenvalue weighted by Gasteiger charge is 2.12. The maximum atomic E-state index is 12.5. The minimum atomic E-state index is -2.56. The van der Waals surface area contributed by atoms with E-state index in [2.05, 4.69) is 10.6 Å². The molecule has 0 heterocycles. The number of alkyl halides is 2. The summed E-state index contributed by atoms with van der Waals surface area (Å²) in [4.78, 5) is 23.4. The summed E-state index contributed by atoms with van der Waals surface area (Å²) < 4.78 is 25.1. The van der Waals surface area contributed by atoms with Crippen LogP contribution in [-0.2, 0) is 4.79 Å². The molecular weight excluding hydrogens is 322 g/mol. The van der Waals surface area contributed by atoms with E-state index in [-0.39, 0.29) is 5.91 Å². The second kappa shape index (κ2) is 7.73. The number of halogens is 2. The number of nitrogens with one attached hydrogen (secondary N) is 2. The molecule has 0 unspecified atom stereocenters. The first-order valence-corrected chi connectivity index (χ1v) is 7.56. The van der Waals surface area contributed by atoms with Crippen molar-refractivity contribution in [1.82, 2.24) is 0 Å². The first-order valence-electron chi connectivity index (χ1n) is 6.68. The maximum absolute atomic E-state index is 12.5. The lowest BCUT2D eigenvalue weighted by Crippen LogP contribution is -2.13. The smallest absolute Gasteiger partial charge is 0.288 e. The quantitative estimate of drug-likeness (QED) is 0.804. The van der Waals surface area contributed by atoms with Crippen molar-refractivity contribution in [3.05, 3.63) is 54.1 Å². The number of hydrogen-bond donors (Lipinski definition) is 2. The van der Waals surface area contributed by atoms with Crippen LogP contribution in [0.15, 0.2) is 53.4 Å². The molecule has 0 radical (unpaired) electrons. The molecule has 2 N–H and O–H groups in total. The number of carbonyl (C=O) groups excluding carboxylic acids is 2. The lowest BCUT2D eigenvalue weighted by Gasteiger charge is -2.10. The monoisotopic (exact) mass is 336 g/mol. The molecule has 2 aromatic carbocycles. The molecule has 0 aliphatic carbocycles. The van der Waals surface area contributed by atoms with Crippen LogP contribution in [0.2, 0.25) is 0 Å². The van der Waals surface area contributed by atoms with Crippen molar-refractivity contribution < 1.29 is 18.4 Å². The number of rotatable bonds is 5. The van der Waals surface area contributed by atoms with E-state index in [0.29, 0.717) is 33.6 Å². The lowest BCUT2D eigenvalue weighted by atomic mass is 10.2. The summed E-state index contributed by atoms with van der Waals surface area (Å²) in [5.74, 6) is -3.19. The van der Waals surface area contributed by atoms with Gasteiger partial charge in [-0.1, -0.05) is 23.9 Å². The van der Waals surface area contributed by atoms with Gasteiger partial charge in [0.15, 0.2) is 0 Å². The van der Waals surface area contributed by atoms with Crippen LogP contribution in [0.3, 0.4) is 0 Å². The molecule has 0 saturated carbocycles. The van der Waals surface area contributed by atoms with Crippen LogP contribution in [0.4, 0.5) is 20.2 Å². The molecule has 2 amide bonds. The molecule has 7 heteroatoms. The van der Waals surface area contributed by atoms with Crippen LogP contribution in [0.5, 0.6) is 0 Å². The highest BCUT2D eigenvalue weighted by molar-refractivity contribution is 7.99. The summed E-state index contributed by atoms with van der Waals surface area (Å²) in [6.45, 7) is 1.39. The molecule has 0 saturated heterocycles. The Kier molecular flexibility index (Phi) is 5.70. The number of anilines is 2. The number of thioether (sulfide) groups is 1. The van der Waals surface area contributed by atoms with Gasteiger partial charge >= 0.3 is 0 Å². The van der Waals surface area contributed by atoms with Crippen molar-refractivity contribution in [2.75, 3.05) is 10.6 Å². The number of carbonyl (C=O) groups is 2. The van der Waals surface area contributed by atoms with E-state index < -0.39 is 11.7 Å². The highest BCUT2D eigenvalue weighted by Crippen LogP contribution is 2.31. The third kappa shape index (κ3) is 5.07. The van der Waals surface area contributed by atoms with Crippen molar-refractivity contribution in [3.63, 3.8) is 0 Å². The van der Waals surface area contributed by atoms with Crippen molar-refractivity contribution >= 4 is 35.0 Å². The van der Waals surface area contributed by atoms with Gasteiger partial charge in [-0.05, 0) is 36.4 Å². The fourth-order valence-corrected chi connectivity index (χ4v) is 2.47. The number of benzene rings is 2. The molecular formula is C16H14F2N2O2S. The van der Waals surface area contributed by atoms with Crippen LogP contribution >= 0.6 is 11.8 Å². The van der Waals surface area contributed by atoms with Gasteiger partial charge in [-0.2, -0.15) is 8.78 Å². The van der Waals surface area contributed by atoms with Gasteiger partial charge in [0.2, 0.25) is 5.91 Å². The fourth-order valence-electron chi connectivity index (χ4n) is 1.87. The zero-order chi connectivity index (χ0) is 16.8. The number of amides is 2. The normalized spacial score (nSPS) is 10.4. The van der Waals surface area contributed by atoms with Crippen LogP contribution in [0, 0.1) is 0 Å². The van der Waals surface area contributed by atoms with Gasteiger partial charge < -0.3 is 10.6 Å². The Hall–Kier alpha value is -2.41. The molecule has 0 aliphatic rings. The van der Waals surface area contributed by atoms with Crippen LogP contribution in [0.1, 0.15) is 17.3 Å². The molecule has 0 bridgehead atoms. The van der Waals surface area contributed by atoms with E-state index in [9.17, 15) is 18.4 Å². The molecule has 0 spiro atoms. The zero-order valence-electron chi connectivity index (χ0n) is 12.2. The predicted octanol–water partition coefficient (Wildman–Crippen LogP) is 4.21. The second-order valence-electron chi connectivity index (χ2n) is 4.59. The molecule has 2 aromatic rings. The number of hydrogen-bond acceptors (Lipinski definition) is 3. The van der Waals surface area contributed by atoms with E-state index in [1.165, 1.54) is 13.0 Å². The first-order chi connectivity index (χ1) is 11.0. The Morgan fingerprint density at radius 3 is 2.26 bits per heavy atom. The summed E-state index contributed by atoms with van der Waals surface area (Å²) in [5.41, 5.74) is 1.26. The second-order valence-corrected chi connectivity index (χ2v) is 5.62. The van der Waals surface area contributed by atoms with Crippen molar-refractivity contribution in [3.8, 4) is 0 Å². The van der Waals surface area contributed by atoms with E-state index in [4.69, 9.17) is 0 Å². The van der Waals surface area contributed by atoms with Gasteiger partial charge in [-0.15, -0.1) is 0 Å². The molecule has 23 heavy (non-hydrogen) atoms. The Bertz CT molecular complexity index is 705. The van der Waals surface area contributed by atoms with E-state index in [0.717, 1.165) is 0 Å². The van der Waals surface area contributed by atoms with Crippen molar-refractivity contribution in [2.24, 2.45) is 0 Å². The summed E-state index contributed by atoms with van der Waals surface area (Å²) >= 11 is 0.376. The van der Waals surface area contributed by atoms with Gasteiger partial charge in [0.25, 0.3) is 11.7 Å². The van der Waals surface area contributed by atoms with Crippen LogP contribution < -0.4 is 10.6 Å². The Morgan fingerprint density at radius 1 is 1.00 bits per heavy atom. The third-order valence-electron chi connectivity index (χ3n) is 2.82. The maximum Gasteiger partial charge on any atom is 0.288 e. The van der Waals surface area contributed by atoms with Gasteiger partial charge in [-0.3, -0.25) is 9.59 Å². The standard InChI is InChI=1S/C16H14F2N2O2S/c1-10(21)19-12-8-6-11(7-9-12)15(22)20-13-4-2-3-5-14(13)23-16(17)18/h2-9,16H,1H3,(H,19,21)(H,20,22). The van der Waals surface area contributed by atoms with E-state index in [1.807, 2.05) is 0 Å². The van der Waals surface area contributed by atoms with Gasteiger partial charge in [0.1, 0.15) is 0 Å². The summed E-state index contributed by atoms with van der Waals surface area (Å²) in [5, 5.41) is 5.21. The SMILES string of the molecule is CC(=O)Nc1ccc(C(=O)Nc2ccccc2SC(F)F)cc1. The molecule has 0 fully saturated rings. The van der Waals surface area contributed by atoms with E-state index in [1.54, 1.807) is 42.5 Å². The average molecular weight is 336 g/mol. The van der Waals surface area contributed by atoms with Gasteiger partial charge in [0, 0.05) is 23.1 Å². The zero-order valence-corrected chi connectivity index (χ0v) is 13.0. The van der Waals surface area contributed by atoms with Crippen molar-refractivity contribution in [1.29, 1.82) is 0 Å². The molecule has 0 aliphatic heterocycles. The highest BCUT2D eigenvalue weighted by atomic mass is 32.2. The lowest BCUT2D eigenvalue weighted by molar-refractivity contribution is -0.114. The summed E-state index contributed by atoms with van der Waals surface area (Å²) in [7, 11) is 0. The third-order valence-corrected chi connectivity index (χ3v) is 3.61. The topological polar surface area (TPSA) is 58.2 Å². The minimum absolute atomic E-state index is 0.208. The molecule has 0 atom stereocenters. The van der Waals surface area contributed by atoms with Gasteiger partial charge in [-0.25, -0.2) is 0 Å². The minimum Gasteiger partial charge on any atom is -0.326 e. The Labute approximate surface area is 136 Å².